The minimum atomic E-state index is 0. The molecule has 0 amide bonds. The quantitative estimate of drug-likeness (QED) is 0.276. The molecule has 172 valence electrons. The zero-order chi connectivity index (χ0) is 21.1. The molecule has 1 aromatic carbocycles. The highest BCUT2D eigenvalue weighted by atomic mass is 127. The van der Waals surface area contributed by atoms with Crippen LogP contribution in [0.3, 0.4) is 0 Å². The van der Waals surface area contributed by atoms with E-state index in [0.29, 0.717) is 12.0 Å². The Morgan fingerprint density at radius 2 is 1.90 bits per heavy atom. The summed E-state index contributed by atoms with van der Waals surface area (Å²) < 4.78 is 5.53. The summed E-state index contributed by atoms with van der Waals surface area (Å²) in [6, 6.07) is 9.29. The number of guanidine groups is 1. The van der Waals surface area contributed by atoms with E-state index in [1.807, 2.05) is 7.05 Å². The minimum Gasteiger partial charge on any atom is -0.379 e. The van der Waals surface area contributed by atoms with Gasteiger partial charge >= 0.3 is 0 Å². The van der Waals surface area contributed by atoms with E-state index in [2.05, 4.69) is 77.5 Å². The lowest BCUT2D eigenvalue weighted by molar-refractivity contribution is 0.0132. The molecule has 0 bridgehead atoms. The SMILES string of the molecule is CCN(C)Cc1cccc(CNC(=NC)NCC(CC(C)C)N2CCOCC2)c1.I. The van der Waals surface area contributed by atoms with Crippen molar-refractivity contribution in [2.45, 2.75) is 46.3 Å². The summed E-state index contributed by atoms with van der Waals surface area (Å²) in [5, 5.41) is 7.02. The molecule has 30 heavy (non-hydrogen) atoms. The summed E-state index contributed by atoms with van der Waals surface area (Å²) in [5.41, 5.74) is 2.63. The molecule has 1 aliphatic heterocycles. The predicted molar refractivity (Wildman–Crippen MR) is 138 cm³/mol. The number of halogens is 1. The van der Waals surface area contributed by atoms with Crippen molar-refractivity contribution in [2.24, 2.45) is 10.9 Å². The van der Waals surface area contributed by atoms with Gasteiger partial charge in [0.1, 0.15) is 0 Å². The van der Waals surface area contributed by atoms with Gasteiger partial charge in [0.25, 0.3) is 0 Å². The third-order valence-corrected chi connectivity index (χ3v) is 5.48. The third-order valence-electron chi connectivity index (χ3n) is 5.48. The predicted octanol–water partition coefficient (Wildman–Crippen LogP) is 3.17. The van der Waals surface area contributed by atoms with Crippen LogP contribution in [0.5, 0.6) is 0 Å². The number of ether oxygens (including phenoxy) is 1. The van der Waals surface area contributed by atoms with Crippen LogP contribution in [0.15, 0.2) is 29.3 Å². The van der Waals surface area contributed by atoms with Crippen LogP contribution in [0.2, 0.25) is 0 Å². The first kappa shape index (κ1) is 27.1. The molecule has 2 N–H and O–H groups in total. The molecule has 0 saturated carbocycles. The highest BCUT2D eigenvalue weighted by molar-refractivity contribution is 14.0. The van der Waals surface area contributed by atoms with E-state index >= 15 is 0 Å². The van der Waals surface area contributed by atoms with Gasteiger partial charge in [0.15, 0.2) is 5.96 Å². The number of aliphatic imine (C=N–C) groups is 1. The number of hydrogen-bond acceptors (Lipinski definition) is 4. The van der Waals surface area contributed by atoms with Gasteiger partial charge in [-0.15, -0.1) is 24.0 Å². The molecule has 1 atom stereocenters. The molecule has 0 radical (unpaired) electrons. The van der Waals surface area contributed by atoms with Gasteiger partial charge in [-0.2, -0.15) is 0 Å². The van der Waals surface area contributed by atoms with E-state index in [4.69, 9.17) is 4.74 Å². The highest BCUT2D eigenvalue weighted by Crippen LogP contribution is 2.13. The zero-order valence-electron chi connectivity index (χ0n) is 19.5. The largest absolute Gasteiger partial charge is 0.379 e. The van der Waals surface area contributed by atoms with Crippen LogP contribution < -0.4 is 10.6 Å². The Morgan fingerprint density at radius 3 is 2.53 bits per heavy atom. The summed E-state index contributed by atoms with van der Waals surface area (Å²) >= 11 is 0. The number of benzene rings is 1. The Morgan fingerprint density at radius 1 is 1.20 bits per heavy atom. The molecule has 6 nitrogen and oxygen atoms in total. The van der Waals surface area contributed by atoms with Crippen molar-refractivity contribution in [3.63, 3.8) is 0 Å². The van der Waals surface area contributed by atoms with E-state index in [0.717, 1.165) is 58.4 Å². The number of hydrogen-bond donors (Lipinski definition) is 2. The molecule has 1 fully saturated rings. The van der Waals surface area contributed by atoms with Gasteiger partial charge < -0.3 is 20.3 Å². The molecular formula is C23H42IN5O. The summed E-state index contributed by atoms with van der Waals surface area (Å²) in [5.74, 6) is 1.53. The molecule has 2 rings (SSSR count). The van der Waals surface area contributed by atoms with Crippen LogP contribution in [0.4, 0.5) is 0 Å². The van der Waals surface area contributed by atoms with Gasteiger partial charge in [-0.25, -0.2) is 0 Å². The normalized spacial score (nSPS) is 16.4. The monoisotopic (exact) mass is 531 g/mol. The molecule has 0 spiro atoms. The van der Waals surface area contributed by atoms with Crippen LogP contribution in [-0.4, -0.2) is 75.3 Å². The second-order valence-corrected chi connectivity index (χ2v) is 8.39. The van der Waals surface area contributed by atoms with Crippen LogP contribution in [0, 0.1) is 5.92 Å². The van der Waals surface area contributed by atoms with Crippen molar-refractivity contribution in [2.75, 3.05) is 53.5 Å². The number of nitrogens with one attached hydrogen (secondary N) is 2. The summed E-state index contributed by atoms with van der Waals surface area (Å²) in [4.78, 5) is 9.29. The van der Waals surface area contributed by atoms with Crippen molar-refractivity contribution in [3.8, 4) is 0 Å². The summed E-state index contributed by atoms with van der Waals surface area (Å²) in [7, 11) is 3.99. The van der Waals surface area contributed by atoms with E-state index in [1.165, 1.54) is 17.5 Å². The fourth-order valence-electron chi connectivity index (χ4n) is 3.73. The minimum absolute atomic E-state index is 0. The second kappa shape index (κ2) is 15.0. The first-order valence-electron chi connectivity index (χ1n) is 11.0. The first-order chi connectivity index (χ1) is 14.0. The first-order valence-corrected chi connectivity index (χ1v) is 11.0. The standard InChI is InChI=1S/C23H41N5O.HI/c1-6-27(5)18-21-9-7-8-20(15-21)16-25-23(24-4)26-17-22(14-19(2)3)28-10-12-29-13-11-28;/h7-9,15,19,22H,6,10-14,16-18H2,1-5H3,(H2,24,25,26);1H. The van der Waals surface area contributed by atoms with Crippen molar-refractivity contribution in [1.82, 2.24) is 20.4 Å². The third kappa shape index (κ3) is 9.94. The Balaban J connectivity index is 0.00000450. The van der Waals surface area contributed by atoms with E-state index in [-0.39, 0.29) is 24.0 Å². The lowest BCUT2D eigenvalue weighted by Gasteiger charge is -2.35. The van der Waals surface area contributed by atoms with Crippen molar-refractivity contribution < 1.29 is 4.74 Å². The van der Waals surface area contributed by atoms with Crippen LogP contribution >= 0.6 is 24.0 Å². The second-order valence-electron chi connectivity index (χ2n) is 8.39. The van der Waals surface area contributed by atoms with Crippen LogP contribution in [-0.2, 0) is 17.8 Å². The molecule has 1 heterocycles. The fraction of sp³-hybridized carbons (Fsp3) is 0.696. The number of nitrogens with zero attached hydrogens (tertiary/aromatic N) is 3. The van der Waals surface area contributed by atoms with Crippen molar-refractivity contribution >= 4 is 29.9 Å². The van der Waals surface area contributed by atoms with E-state index < -0.39 is 0 Å². The summed E-state index contributed by atoms with van der Waals surface area (Å²) in [6.45, 7) is 14.2. The van der Waals surface area contributed by atoms with Gasteiger partial charge in [0.2, 0.25) is 0 Å². The van der Waals surface area contributed by atoms with Crippen LogP contribution in [0.1, 0.15) is 38.3 Å². The smallest absolute Gasteiger partial charge is 0.191 e. The average molecular weight is 532 g/mol. The van der Waals surface area contributed by atoms with E-state index in [9.17, 15) is 0 Å². The molecule has 1 aromatic rings. The van der Waals surface area contributed by atoms with Gasteiger partial charge in [-0.3, -0.25) is 9.89 Å². The molecule has 1 unspecified atom stereocenters. The maximum absolute atomic E-state index is 5.53. The van der Waals surface area contributed by atoms with E-state index in [1.54, 1.807) is 0 Å². The van der Waals surface area contributed by atoms with Gasteiger partial charge in [-0.05, 0) is 37.1 Å². The van der Waals surface area contributed by atoms with Crippen molar-refractivity contribution in [3.05, 3.63) is 35.4 Å². The van der Waals surface area contributed by atoms with Gasteiger partial charge in [0, 0.05) is 45.8 Å². The molecule has 1 saturated heterocycles. The Hall–Kier alpha value is -0.900. The molecule has 1 aliphatic rings. The molecule has 0 aromatic heterocycles. The highest BCUT2D eigenvalue weighted by Gasteiger charge is 2.22. The van der Waals surface area contributed by atoms with Crippen molar-refractivity contribution in [1.29, 1.82) is 0 Å². The lowest BCUT2D eigenvalue weighted by Crippen LogP contribution is -2.50. The molecule has 7 heteroatoms. The Labute approximate surface area is 200 Å². The zero-order valence-corrected chi connectivity index (χ0v) is 21.8. The maximum atomic E-state index is 5.53. The number of morpholine rings is 1. The molecular weight excluding hydrogens is 489 g/mol. The number of rotatable bonds is 10. The fourth-order valence-corrected chi connectivity index (χ4v) is 3.73. The van der Waals surface area contributed by atoms with Gasteiger partial charge in [0.05, 0.1) is 13.2 Å². The Kier molecular flexibility index (Phi) is 13.6. The summed E-state index contributed by atoms with van der Waals surface area (Å²) in [6.07, 6.45) is 1.18. The molecule has 0 aliphatic carbocycles. The Bertz CT molecular complexity index is 619. The average Bonchev–Trinajstić information content (AvgIpc) is 2.73. The lowest BCUT2D eigenvalue weighted by atomic mass is 10.0. The topological polar surface area (TPSA) is 52.1 Å². The van der Waals surface area contributed by atoms with Crippen LogP contribution in [0.25, 0.3) is 0 Å². The van der Waals surface area contributed by atoms with Gasteiger partial charge in [-0.1, -0.05) is 45.0 Å². The maximum Gasteiger partial charge on any atom is 0.191 e.